The fourth-order valence-corrected chi connectivity index (χ4v) is 1.92. The normalized spacial score (nSPS) is 11.9. The van der Waals surface area contributed by atoms with Crippen molar-refractivity contribution in [3.05, 3.63) is 23.9 Å². The first-order chi connectivity index (χ1) is 8.04. The van der Waals surface area contributed by atoms with E-state index in [1.54, 1.807) is 19.1 Å². The highest BCUT2D eigenvalue weighted by atomic mass is 32.2. The van der Waals surface area contributed by atoms with Gasteiger partial charge in [-0.2, -0.15) is 0 Å². The number of pyridine rings is 1. The van der Waals surface area contributed by atoms with Gasteiger partial charge in [0.25, 0.3) is 0 Å². The van der Waals surface area contributed by atoms with E-state index in [1.807, 2.05) is 0 Å². The summed E-state index contributed by atoms with van der Waals surface area (Å²) < 4.78 is 4.58. The second kappa shape index (κ2) is 6.24. The molecule has 1 N–H and O–H groups in total. The summed E-state index contributed by atoms with van der Waals surface area (Å²) in [6.07, 6.45) is 1.50. The summed E-state index contributed by atoms with van der Waals surface area (Å²) >= 11 is 1.30. The standard InChI is InChI=1S/C11H13NO4S/c1-7(10(13)14)6-17-9-5-8(3-4-12-9)11(15)16-2/h3-5,7H,6H2,1-2H3,(H,13,14). The zero-order chi connectivity index (χ0) is 12.8. The van der Waals surface area contributed by atoms with Gasteiger partial charge in [0.05, 0.1) is 23.6 Å². The van der Waals surface area contributed by atoms with Crippen LogP contribution in [0.5, 0.6) is 0 Å². The van der Waals surface area contributed by atoms with Crippen LogP contribution < -0.4 is 0 Å². The Morgan fingerprint density at radius 3 is 2.88 bits per heavy atom. The van der Waals surface area contributed by atoms with Crippen LogP contribution >= 0.6 is 11.8 Å². The number of carboxylic acids is 1. The van der Waals surface area contributed by atoms with Crippen molar-refractivity contribution < 1.29 is 19.4 Å². The van der Waals surface area contributed by atoms with Gasteiger partial charge in [-0.05, 0) is 12.1 Å². The Morgan fingerprint density at radius 1 is 1.59 bits per heavy atom. The Balaban J connectivity index is 2.66. The SMILES string of the molecule is COC(=O)c1ccnc(SCC(C)C(=O)O)c1. The van der Waals surface area contributed by atoms with Gasteiger partial charge in [-0.1, -0.05) is 6.92 Å². The number of thioether (sulfide) groups is 1. The minimum absolute atomic E-state index is 0.410. The van der Waals surface area contributed by atoms with Crippen LogP contribution in [-0.4, -0.2) is 34.9 Å². The lowest BCUT2D eigenvalue weighted by atomic mass is 10.2. The molecule has 92 valence electrons. The summed E-state index contributed by atoms with van der Waals surface area (Å²) in [6.45, 7) is 1.62. The van der Waals surface area contributed by atoms with E-state index < -0.39 is 17.9 Å². The van der Waals surface area contributed by atoms with E-state index in [2.05, 4.69) is 9.72 Å². The van der Waals surface area contributed by atoms with Gasteiger partial charge >= 0.3 is 11.9 Å². The van der Waals surface area contributed by atoms with Crippen molar-refractivity contribution in [2.24, 2.45) is 5.92 Å². The smallest absolute Gasteiger partial charge is 0.337 e. The van der Waals surface area contributed by atoms with E-state index >= 15 is 0 Å². The highest BCUT2D eigenvalue weighted by Gasteiger charge is 2.12. The lowest BCUT2D eigenvalue weighted by molar-refractivity contribution is -0.140. The van der Waals surface area contributed by atoms with Gasteiger partial charge in [0.1, 0.15) is 0 Å². The third-order valence-electron chi connectivity index (χ3n) is 2.06. The number of aliphatic carboxylic acids is 1. The molecule has 0 fully saturated rings. The van der Waals surface area contributed by atoms with Crippen LogP contribution in [0.2, 0.25) is 0 Å². The Hall–Kier alpha value is -1.56. The number of carbonyl (C=O) groups excluding carboxylic acids is 1. The lowest BCUT2D eigenvalue weighted by Crippen LogP contribution is -2.11. The second-order valence-corrected chi connectivity index (χ2v) is 4.46. The molecule has 1 atom stereocenters. The predicted octanol–water partition coefficient (Wildman–Crippen LogP) is 1.68. The van der Waals surface area contributed by atoms with Crippen molar-refractivity contribution in [3.8, 4) is 0 Å². The number of hydrogen-bond acceptors (Lipinski definition) is 5. The fraction of sp³-hybridized carbons (Fsp3) is 0.364. The van der Waals surface area contributed by atoms with Gasteiger partial charge in [0.15, 0.2) is 0 Å². The Bertz CT molecular complexity index is 422. The van der Waals surface area contributed by atoms with Crippen molar-refractivity contribution in [2.45, 2.75) is 11.9 Å². The number of esters is 1. The molecule has 0 saturated carbocycles. The molecule has 0 aliphatic heterocycles. The molecule has 1 rings (SSSR count). The van der Waals surface area contributed by atoms with E-state index in [0.29, 0.717) is 16.3 Å². The molecule has 5 nitrogen and oxygen atoms in total. The molecule has 0 aliphatic rings. The van der Waals surface area contributed by atoms with Gasteiger partial charge in [-0.3, -0.25) is 4.79 Å². The number of carboxylic acid groups (broad SMARTS) is 1. The fourth-order valence-electron chi connectivity index (χ4n) is 1.01. The van der Waals surface area contributed by atoms with Crippen molar-refractivity contribution in [2.75, 3.05) is 12.9 Å². The second-order valence-electron chi connectivity index (χ2n) is 3.42. The number of ether oxygens (including phenoxy) is 1. The van der Waals surface area contributed by atoms with Crippen LogP contribution in [0.25, 0.3) is 0 Å². The van der Waals surface area contributed by atoms with Crippen molar-refractivity contribution in [1.29, 1.82) is 0 Å². The summed E-state index contributed by atoms with van der Waals surface area (Å²) in [4.78, 5) is 25.9. The van der Waals surface area contributed by atoms with Crippen LogP contribution in [0.3, 0.4) is 0 Å². The molecular formula is C11H13NO4S. The van der Waals surface area contributed by atoms with E-state index in [0.717, 1.165) is 0 Å². The molecule has 0 radical (unpaired) electrons. The maximum absolute atomic E-state index is 11.3. The molecule has 6 heteroatoms. The molecule has 0 saturated heterocycles. The molecule has 1 aromatic rings. The molecule has 0 aromatic carbocycles. The molecule has 0 amide bonds. The summed E-state index contributed by atoms with van der Waals surface area (Å²) in [7, 11) is 1.31. The van der Waals surface area contributed by atoms with Crippen molar-refractivity contribution in [3.63, 3.8) is 0 Å². The molecule has 1 heterocycles. The zero-order valence-electron chi connectivity index (χ0n) is 9.54. The first-order valence-electron chi connectivity index (χ1n) is 4.94. The van der Waals surface area contributed by atoms with Crippen LogP contribution in [0, 0.1) is 5.92 Å². The van der Waals surface area contributed by atoms with Crippen LogP contribution in [0.4, 0.5) is 0 Å². The lowest BCUT2D eigenvalue weighted by Gasteiger charge is -2.05. The maximum atomic E-state index is 11.3. The van der Waals surface area contributed by atoms with Gasteiger partial charge in [0.2, 0.25) is 0 Å². The predicted molar refractivity (Wildman–Crippen MR) is 63.1 cm³/mol. The van der Waals surface area contributed by atoms with Gasteiger partial charge < -0.3 is 9.84 Å². The molecule has 1 unspecified atom stereocenters. The average Bonchev–Trinajstić information content (AvgIpc) is 2.35. The molecule has 0 spiro atoms. The first-order valence-corrected chi connectivity index (χ1v) is 5.93. The summed E-state index contributed by atoms with van der Waals surface area (Å²) in [6, 6.07) is 3.14. The van der Waals surface area contributed by atoms with E-state index in [9.17, 15) is 9.59 Å². The van der Waals surface area contributed by atoms with Crippen molar-refractivity contribution >= 4 is 23.7 Å². The van der Waals surface area contributed by atoms with Crippen LogP contribution in [0.15, 0.2) is 23.4 Å². The molecule has 0 aliphatic carbocycles. The van der Waals surface area contributed by atoms with E-state index in [1.165, 1.54) is 25.1 Å². The first kappa shape index (κ1) is 13.5. The minimum Gasteiger partial charge on any atom is -0.481 e. The summed E-state index contributed by atoms with van der Waals surface area (Å²) in [5.41, 5.74) is 0.410. The number of methoxy groups -OCH3 is 1. The van der Waals surface area contributed by atoms with Crippen molar-refractivity contribution in [1.82, 2.24) is 4.98 Å². The van der Waals surface area contributed by atoms with Crippen LogP contribution in [0.1, 0.15) is 17.3 Å². The minimum atomic E-state index is -0.846. The Kier molecular flexibility index (Phi) is 4.96. The highest BCUT2D eigenvalue weighted by Crippen LogP contribution is 2.19. The van der Waals surface area contributed by atoms with Gasteiger partial charge in [0, 0.05) is 11.9 Å². The van der Waals surface area contributed by atoms with Gasteiger partial charge in [-0.25, -0.2) is 9.78 Å². The zero-order valence-corrected chi connectivity index (χ0v) is 10.4. The molecule has 1 aromatic heterocycles. The summed E-state index contributed by atoms with van der Waals surface area (Å²) in [5, 5.41) is 9.35. The Morgan fingerprint density at radius 2 is 2.29 bits per heavy atom. The van der Waals surface area contributed by atoms with E-state index in [-0.39, 0.29) is 0 Å². The van der Waals surface area contributed by atoms with Gasteiger partial charge in [-0.15, -0.1) is 11.8 Å². The topological polar surface area (TPSA) is 76.5 Å². The van der Waals surface area contributed by atoms with Crippen LogP contribution in [-0.2, 0) is 9.53 Å². The quantitative estimate of drug-likeness (QED) is 0.637. The third kappa shape index (κ3) is 4.07. The highest BCUT2D eigenvalue weighted by molar-refractivity contribution is 7.99. The summed E-state index contributed by atoms with van der Waals surface area (Å²) in [5.74, 6) is -1.32. The third-order valence-corrected chi connectivity index (χ3v) is 3.24. The molecule has 0 bridgehead atoms. The number of aromatic nitrogens is 1. The molecular weight excluding hydrogens is 242 g/mol. The largest absolute Gasteiger partial charge is 0.481 e. The number of nitrogens with zero attached hydrogens (tertiary/aromatic N) is 1. The number of rotatable bonds is 5. The average molecular weight is 255 g/mol. The number of carbonyl (C=O) groups is 2. The monoisotopic (exact) mass is 255 g/mol. The Labute approximate surface area is 103 Å². The van der Waals surface area contributed by atoms with E-state index in [4.69, 9.17) is 5.11 Å². The number of hydrogen-bond donors (Lipinski definition) is 1. The maximum Gasteiger partial charge on any atom is 0.337 e. The molecule has 17 heavy (non-hydrogen) atoms.